The lowest BCUT2D eigenvalue weighted by Gasteiger charge is -2.27. The first kappa shape index (κ1) is 14.3. The van der Waals surface area contributed by atoms with Gasteiger partial charge in [-0.3, -0.25) is 5.43 Å². The van der Waals surface area contributed by atoms with E-state index in [0.717, 1.165) is 44.0 Å². The highest BCUT2D eigenvalue weighted by molar-refractivity contribution is 5.45. The Morgan fingerprint density at radius 2 is 1.76 bits per heavy atom. The van der Waals surface area contributed by atoms with Crippen LogP contribution in [0.25, 0.3) is 0 Å². The minimum Gasteiger partial charge on any atom is -0.341 e. The fraction of sp³-hybridized carbons (Fsp3) is 0.786. The van der Waals surface area contributed by atoms with Gasteiger partial charge in [-0.2, -0.15) is 15.0 Å². The monoisotopic (exact) mass is 291 g/mol. The maximum absolute atomic E-state index is 5.53. The summed E-state index contributed by atoms with van der Waals surface area (Å²) < 4.78 is 0. The quantitative estimate of drug-likeness (QED) is 0.640. The van der Waals surface area contributed by atoms with Crippen molar-refractivity contribution in [2.75, 3.05) is 41.4 Å². The van der Waals surface area contributed by atoms with E-state index in [-0.39, 0.29) is 0 Å². The van der Waals surface area contributed by atoms with Crippen molar-refractivity contribution in [3.8, 4) is 0 Å². The largest absolute Gasteiger partial charge is 0.341 e. The predicted molar refractivity (Wildman–Crippen MR) is 84.3 cm³/mol. The number of hydrogen-bond donors (Lipinski definition) is 2. The van der Waals surface area contributed by atoms with Crippen LogP contribution in [0.15, 0.2) is 0 Å². The number of rotatable bonds is 4. The smallest absolute Gasteiger partial charge is 0.243 e. The molecule has 3 N–H and O–H groups in total. The first-order valence-electron chi connectivity index (χ1n) is 8.02. The summed E-state index contributed by atoms with van der Waals surface area (Å²) in [6.45, 7) is 6.33. The van der Waals surface area contributed by atoms with E-state index in [4.69, 9.17) is 5.84 Å². The Morgan fingerprint density at radius 1 is 1.05 bits per heavy atom. The fourth-order valence-corrected chi connectivity index (χ4v) is 3.14. The molecule has 116 valence electrons. The molecule has 2 saturated heterocycles. The number of nitrogens with zero attached hydrogens (tertiary/aromatic N) is 5. The van der Waals surface area contributed by atoms with Gasteiger partial charge in [-0.15, -0.1) is 0 Å². The van der Waals surface area contributed by atoms with Crippen LogP contribution in [-0.4, -0.2) is 41.1 Å². The van der Waals surface area contributed by atoms with Crippen LogP contribution in [0, 0.1) is 5.92 Å². The molecule has 1 aromatic heterocycles. The highest BCUT2D eigenvalue weighted by atomic mass is 15.4. The summed E-state index contributed by atoms with van der Waals surface area (Å²) >= 11 is 0. The van der Waals surface area contributed by atoms with E-state index in [1.807, 2.05) is 0 Å². The normalized spacial score (nSPS) is 22.7. The van der Waals surface area contributed by atoms with Crippen molar-refractivity contribution in [3.05, 3.63) is 0 Å². The van der Waals surface area contributed by atoms with Crippen LogP contribution in [0.2, 0.25) is 0 Å². The van der Waals surface area contributed by atoms with Crippen LogP contribution in [0.3, 0.4) is 0 Å². The molecule has 3 heterocycles. The van der Waals surface area contributed by atoms with Crippen LogP contribution in [-0.2, 0) is 0 Å². The average molecular weight is 291 g/mol. The van der Waals surface area contributed by atoms with Crippen LogP contribution >= 0.6 is 0 Å². The Labute approximate surface area is 125 Å². The van der Waals surface area contributed by atoms with Gasteiger partial charge in [0.25, 0.3) is 0 Å². The molecule has 21 heavy (non-hydrogen) atoms. The van der Waals surface area contributed by atoms with Crippen LogP contribution in [0.4, 0.5) is 17.8 Å². The summed E-state index contributed by atoms with van der Waals surface area (Å²) in [5.41, 5.74) is 2.58. The van der Waals surface area contributed by atoms with Crippen molar-refractivity contribution in [3.63, 3.8) is 0 Å². The van der Waals surface area contributed by atoms with Gasteiger partial charge in [-0.25, -0.2) is 5.84 Å². The SMILES string of the molecule is CCC1CCN(c2nc(NN)nc(N3CCCCC3)n2)C1. The first-order chi connectivity index (χ1) is 10.3. The third kappa shape index (κ3) is 3.18. The molecule has 1 aromatic rings. The number of hydrazine groups is 1. The van der Waals surface area contributed by atoms with E-state index >= 15 is 0 Å². The predicted octanol–water partition coefficient (Wildman–Crippen LogP) is 1.38. The topological polar surface area (TPSA) is 83.2 Å². The Morgan fingerprint density at radius 3 is 2.38 bits per heavy atom. The molecule has 7 nitrogen and oxygen atoms in total. The molecule has 0 amide bonds. The van der Waals surface area contributed by atoms with E-state index < -0.39 is 0 Å². The second-order valence-corrected chi connectivity index (χ2v) is 5.96. The summed E-state index contributed by atoms with van der Waals surface area (Å²) in [6.07, 6.45) is 6.12. The number of piperidine rings is 1. The van der Waals surface area contributed by atoms with E-state index in [2.05, 4.69) is 37.1 Å². The van der Waals surface area contributed by atoms with Gasteiger partial charge in [-0.1, -0.05) is 13.3 Å². The molecular weight excluding hydrogens is 266 g/mol. The fourth-order valence-electron chi connectivity index (χ4n) is 3.14. The molecular formula is C14H25N7. The van der Waals surface area contributed by atoms with E-state index in [1.165, 1.54) is 32.1 Å². The molecule has 1 unspecified atom stereocenters. The van der Waals surface area contributed by atoms with Gasteiger partial charge < -0.3 is 9.80 Å². The lowest BCUT2D eigenvalue weighted by molar-refractivity contribution is 0.564. The molecule has 0 spiro atoms. The molecule has 0 bridgehead atoms. The van der Waals surface area contributed by atoms with Gasteiger partial charge in [0.15, 0.2) is 0 Å². The van der Waals surface area contributed by atoms with E-state index in [9.17, 15) is 0 Å². The highest BCUT2D eigenvalue weighted by Gasteiger charge is 2.25. The summed E-state index contributed by atoms with van der Waals surface area (Å²) in [5, 5.41) is 0. The van der Waals surface area contributed by atoms with Crippen molar-refractivity contribution in [1.82, 2.24) is 15.0 Å². The second-order valence-electron chi connectivity index (χ2n) is 5.96. The third-order valence-electron chi connectivity index (χ3n) is 4.53. The molecule has 2 aliphatic rings. The van der Waals surface area contributed by atoms with Gasteiger partial charge in [0.05, 0.1) is 0 Å². The lowest BCUT2D eigenvalue weighted by atomic mass is 10.1. The van der Waals surface area contributed by atoms with Gasteiger partial charge in [0, 0.05) is 26.2 Å². The maximum atomic E-state index is 5.53. The summed E-state index contributed by atoms with van der Waals surface area (Å²) in [4.78, 5) is 18.0. The molecule has 1 atom stereocenters. The van der Waals surface area contributed by atoms with Gasteiger partial charge in [0.2, 0.25) is 17.8 Å². The molecule has 7 heteroatoms. The summed E-state index contributed by atoms with van der Waals surface area (Å²) in [6, 6.07) is 0. The molecule has 3 rings (SSSR count). The Balaban J connectivity index is 1.82. The summed E-state index contributed by atoms with van der Waals surface area (Å²) in [5.74, 6) is 8.25. The number of nitrogen functional groups attached to an aromatic ring is 1. The Kier molecular flexibility index (Phi) is 4.38. The Bertz CT molecular complexity index is 472. The number of hydrogen-bond acceptors (Lipinski definition) is 7. The van der Waals surface area contributed by atoms with Gasteiger partial charge in [-0.05, 0) is 31.6 Å². The van der Waals surface area contributed by atoms with E-state index in [0.29, 0.717) is 5.95 Å². The third-order valence-corrected chi connectivity index (χ3v) is 4.53. The maximum Gasteiger partial charge on any atom is 0.243 e. The Hall–Kier alpha value is -1.63. The number of nitrogens with one attached hydrogen (secondary N) is 1. The zero-order valence-electron chi connectivity index (χ0n) is 12.8. The molecule has 0 radical (unpaired) electrons. The minimum absolute atomic E-state index is 0.459. The van der Waals surface area contributed by atoms with Crippen molar-refractivity contribution >= 4 is 17.8 Å². The summed E-state index contributed by atoms with van der Waals surface area (Å²) in [7, 11) is 0. The zero-order valence-corrected chi connectivity index (χ0v) is 12.8. The molecule has 2 fully saturated rings. The lowest BCUT2D eigenvalue weighted by Crippen LogP contribution is -2.32. The van der Waals surface area contributed by atoms with Crippen molar-refractivity contribution in [1.29, 1.82) is 0 Å². The minimum atomic E-state index is 0.459. The van der Waals surface area contributed by atoms with Crippen LogP contribution < -0.4 is 21.1 Å². The van der Waals surface area contributed by atoms with Crippen molar-refractivity contribution in [2.45, 2.75) is 39.0 Å². The van der Waals surface area contributed by atoms with Crippen molar-refractivity contribution < 1.29 is 0 Å². The zero-order chi connectivity index (χ0) is 14.7. The van der Waals surface area contributed by atoms with E-state index in [1.54, 1.807) is 0 Å². The molecule has 0 aliphatic carbocycles. The number of nitrogens with two attached hydrogens (primary N) is 1. The van der Waals surface area contributed by atoms with Crippen LogP contribution in [0.1, 0.15) is 39.0 Å². The molecule has 0 saturated carbocycles. The number of anilines is 3. The van der Waals surface area contributed by atoms with Crippen molar-refractivity contribution in [2.24, 2.45) is 11.8 Å². The standard InChI is InChI=1S/C14H25N7/c1-2-11-6-9-21(10-11)14-17-12(19-15)16-13(18-14)20-7-4-3-5-8-20/h11H,2-10,15H2,1H3,(H,16,17,18,19). The first-order valence-corrected chi connectivity index (χ1v) is 8.02. The highest BCUT2D eigenvalue weighted by Crippen LogP contribution is 2.25. The molecule has 2 aliphatic heterocycles. The number of aromatic nitrogens is 3. The average Bonchev–Trinajstić information content (AvgIpc) is 3.04. The van der Waals surface area contributed by atoms with Gasteiger partial charge in [0.1, 0.15) is 0 Å². The molecule has 0 aromatic carbocycles. The van der Waals surface area contributed by atoms with Gasteiger partial charge >= 0.3 is 0 Å². The second kappa shape index (κ2) is 6.43. The van der Waals surface area contributed by atoms with Crippen LogP contribution in [0.5, 0.6) is 0 Å².